The van der Waals surface area contributed by atoms with Crippen LogP contribution >= 0.6 is 0 Å². The Bertz CT molecular complexity index is 1190. The second-order valence-electron chi connectivity index (χ2n) is 9.66. The van der Waals surface area contributed by atoms with Crippen molar-refractivity contribution < 1.29 is 27.4 Å². The topological polar surface area (TPSA) is 137 Å². The van der Waals surface area contributed by atoms with Crippen molar-refractivity contribution in [3.05, 3.63) is 23.5 Å². The minimum Gasteiger partial charge on any atom is -0.481 e. The molecular formula is C23H34N6O6S. The van der Waals surface area contributed by atoms with E-state index in [1.165, 1.54) is 18.0 Å². The number of hydrogen-bond donors (Lipinski definition) is 2. The van der Waals surface area contributed by atoms with Gasteiger partial charge in [-0.05, 0) is 17.4 Å². The number of aromatic nitrogens is 3. The second-order valence-corrected chi connectivity index (χ2v) is 11.3. The van der Waals surface area contributed by atoms with Gasteiger partial charge in [0.25, 0.3) is 10.0 Å². The molecule has 0 aromatic carbocycles. The molecule has 12 nitrogen and oxygen atoms in total. The summed E-state index contributed by atoms with van der Waals surface area (Å²) in [5.74, 6) is 0.533. The van der Waals surface area contributed by atoms with Crippen molar-refractivity contribution in [2.24, 2.45) is 0 Å². The fraction of sp³-hybridized carbons (Fsp3) is 0.609. The maximum Gasteiger partial charge on any atom is 0.333 e. The summed E-state index contributed by atoms with van der Waals surface area (Å²) in [4.78, 5) is 19.4. The molecule has 2 amide bonds. The molecule has 0 aliphatic carbocycles. The van der Waals surface area contributed by atoms with Crippen LogP contribution in [0.3, 0.4) is 0 Å². The Balaban J connectivity index is 1.51. The number of pyridine rings is 1. The summed E-state index contributed by atoms with van der Waals surface area (Å²) in [6.07, 6.45) is 1.41. The fourth-order valence-electron chi connectivity index (χ4n) is 4.37. The van der Waals surface area contributed by atoms with Gasteiger partial charge in [-0.25, -0.2) is 27.6 Å². The predicted molar refractivity (Wildman–Crippen MR) is 132 cm³/mol. The van der Waals surface area contributed by atoms with Crippen LogP contribution < -0.4 is 19.5 Å². The Morgan fingerprint density at radius 3 is 2.50 bits per heavy atom. The molecule has 2 aliphatic heterocycles. The van der Waals surface area contributed by atoms with Crippen LogP contribution in [0.15, 0.2) is 17.2 Å². The highest BCUT2D eigenvalue weighted by Gasteiger charge is 2.37. The minimum atomic E-state index is -4.25. The van der Waals surface area contributed by atoms with E-state index in [1.54, 1.807) is 13.2 Å². The van der Waals surface area contributed by atoms with Gasteiger partial charge in [0.15, 0.2) is 4.90 Å². The van der Waals surface area contributed by atoms with E-state index in [-0.39, 0.29) is 34.8 Å². The van der Waals surface area contributed by atoms with Crippen LogP contribution in [0.5, 0.6) is 11.8 Å². The first kappa shape index (κ1) is 26.2. The molecule has 2 N–H and O–H groups in total. The minimum absolute atomic E-state index is 0.0286. The predicted octanol–water partition coefficient (Wildman–Crippen LogP) is 2.14. The van der Waals surface area contributed by atoms with Gasteiger partial charge in [0.1, 0.15) is 6.61 Å². The molecule has 4 heterocycles. The zero-order valence-electron chi connectivity index (χ0n) is 21.4. The molecule has 1 atom stereocenters. The Kier molecular flexibility index (Phi) is 7.43. The maximum absolute atomic E-state index is 13.1. The highest BCUT2D eigenvalue weighted by molar-refractivity contribution is 7.90. The van der Waals surface area contributed by atoms with Crippen molar-refractivity contribution in [2.75, 3.05) is 39.2 Å². The van der Waals surface area contributed by atoms with Crippen molar-refractivity contribution in [1.29, 1.82) is 0 Å². The third kappa shape index (κ3) is 5.13. The lowest BCUT2D eigenvalue weighted by atomic mass is 9.97. The van der Waals surface area contributed by atoms with Crippen LogP contribution in [-0.4, -0.2) is 80.2 Å². The van der Waals surface area contributed by atoms with Crippen LogP contribution in [0, 0.1) is 0 Å². The number of rotatable bonds is 8. The molecule has 4 rings (SSSR count). The Morgan fingerprint density at radius 1 is 1.17 bits per heavy atom. The van der Waals surface area contributed by atoms with Gasteiger partial charge in [-0.1, -0.05) is 27.7 Å². The number of sulfonamides is 1. The molecule has 1 fully saturated rings. The third-order valence-electron chi connectivity index (χ3n) is 6.47. The van der Waals surface area contributed by atoms with Crippen molar-refractivity contribution >= 4 is 21.7 Å². The number of hydrogen-bond acceptors (Lipinski definition) is 9. The summed E-state index contributed by atoms with van der Waals surface area (Å²) >= 11 is 0. The largest absolute Gasteiger partial charge is 0.481 e. The average Bonchev–Trinajstić information content (AvgIpc) is 3.22. The van der Waals surface area contributed by atoms with E-state index in [1.807, 2.05) is 27.7 Å². The van der Waals surface area contributed by atoms with Crippen LogP contribution in [-0.2, 0) is 21.3 Å². The van der Waals surface area contributed by atoms with Crippen molar-refractivity contribution in [2.45, 2.75) is 63.1 Å². The van der Waals surface area contributed by atoms with E-state index < -0.39 is 16.1 Å². The summed E-state index contributed by atoms with van der Waals surface area (Å²) in [5.41, 5.74) is 1.86. The lowest BCUT2D eigenvalue weighted by molar-refractivity contribution is -0.0687. The quantitative estimate of drug-likeness (QED) is 0.534. The summed E-state index contributed by atoms with van der Waals surface area (Å²) < 4.78 is 46.2. The Morgan fingerprint density at radius 2 is 1.89 bits per heavy atom. The summed E-state index contributed by atoms with van der Waals surface area (Å²) in [6, 6.07) is 0.916. The van der Waals surface area contributed by atoms with E-state index in [0.717, 1.165) is 18.7 Å². The molecule has 198 valence electrons. The van der Waals surface area contributed by atoms with Gasteiger partial charge >= 0.3 is 6.03 Å². The molecule has 1 unspecified atom stereocenters. The highest BCUT2D eigenvalue weighted by atomic mass is 32.2. The monoisotopic (exact) mass is 522 g/mol. The molecular weight excluding hydrogens is 488 g/mol. The fourth-order valence-corrected chi connectivity index (χ4v) is 5.36. The molecule has 2 aromatic rings. The van der Waals surface area contributed by atoms with Gasteiger partial charge < -0.3 is 19.5 Å². The number of nitrogens with zero attached hydrogens (tertiary/aromatic N) is 4. The normalized spacial score (nSPS) is 18.5. The number of anilines is 1. The summed E-state index contributed by atoms with van der Waals surface area (Å²) in [6.45, 7) is 10.2. The van der Waals surface area contributed by atoms with E-state index in [4.69, 9.17) is 14.2 Å². The molecule has 36 heavy (non-hydrogen) atoms. The van der Waals surface area contributed by atoms with Crippen LogP contribution in [0.1, 0.15) is 50.8 Å². The number of carbonyl (C=O) groups excluding carboxylic acids is 1. The molecule has 13 heteroatoms. The van der Waals surface area contributed by atoms with E-state index >= 15 is 0 Å². The zero-order valence-corrected chi connectivity index (χ0v) is 22.3. The number of carbonyl (C=O) groups is 1. The summed E-state index contributed by atoms with van der Waals surface area (Å²) in [5, 5.41) is 6.90. The third-order valence-corrected chi connectivity index (χ3v) is 7.78. The van der Waals surface area contributed by atoms with Gasteiger partial charge in [-0.3, -0.25) is 4.90 Å². The van der Waals surface area contributed by atoms with Crippen LogP contribution in [0.25, 0.3) is 0 Å². The first-order valence-corrected chi connectivity index (χ1v) is 13.4. The number of methoxy groups -OCH3 is 2. The molecule has 0 bridgehead atoms. The van der Waals surface area contributed by atoms with Gasteiger partial charge in [0, 0.05) is 26.3 Å². The van der Waals surface area contributed by atoms with Crippen LogP contribution in [0.4, 0.5) is 10.5 Å². The van der Waals surface area contributed by atoms with Gasteiger partial charge in [0.2, 0.25) is 11.8 Å². The first-order chi connectivity index (χ1) is 17.0. The number of ether oxygens (including phenoxy) is 3. The SMILES string of the molecule is COc1cc(C(C)C)c(NC(=O)NS(=O)(=O)c2cnn3c2OCC(N2CC(OC)C2)C3)c(C(C)C)n1. The van der Waals surface area contributed by atoms with E-state index in [9.17, 15) is 13.2 Å². The molecule has 0 radical (unpaired) electrons. The highest BCUT2D eigenvalue weighted by Crippen LogP contribution is 2.34. The summed E-state index contributed by atoms with van der Waals surface area (Å²) in [7, 11) is -1.04. The number of nitrogens with one attached hydrogen (secondary N) is 2. The standard InChI is InChI=1S/C23H34N6O6S/c1-13(2)17-7-19(34-6)25-20(14(3)4)21(17)26-23(30)27-36(31,32)18-8-24-29-9-15(12-35-22(18)29)28-10-16(11-28)33-5/h7-8,13-16H,9-12H2,1-6H3,(H2,26,27,30). The molecule has 2 aliphatic rings. The lowest BCUT2D eigenvalue weighted by Gasteiger charge is -2.44. The molecule has 0 saturated carbocycles. The molecule has 0 spiro atoms. The Labute approximate surface area is 211 Å². The zero-order chi connectivity index (χ0) is 26.2. The van der Waals surface area contributed by atoms with E-state index in [2.05, 4.69) is 25.0 Å². The van der Waals surface area contributed by atoms with Gasteiger partial charge in [-0.2, -0.15) is 5.10 Å². The number of likely N-dealkylation sites (tertiary alicyclic amines) is 1. The first-order valence-electron chi connectivity index (χ1n) is 11.9. The Hall–Kier alpha value is -2.90. The average molecular weight is 523 g/mol. The molecule has 1 saturated heterocycles. The molecule has 2 aromatic heterocycles. The van der Waals surface area contributed by atoms with Crippen molar-refractivity contribution in [3.8, 4) is 11.8 Å². The maximum atomic E-state index is 13.1. The van der Waals surface area contributed by atoms with Crippen molar-refractivity contribution in [1.82, 2.24) is 24.4 Å². The van der Waals surface area contributed by atoms with Crippen molar-refractivity contribution in [3.63, 3.8) is 0 Å². The van der Waals surface area contributed by atoms with Gasteiger partial charge in [-0.15, -0.1) is 0 Å². The number of amides is 2. The van der Waals surface area contributed by atoms with Gasteiger partial charge in [0.05, 0.1) is 43.4 Å². The number of urea groups is 1. The second kappa shape index (κ2) is 10.2. The lowest BCUT2D eigenvalue weighted by Crippen LogP contribution is -2.59. The van der Waals surface area contributed by atoms with Crippen LogP contribution in [0.2, 0.25) is 0 Å². The van der Waals surface area contributed by atoms with E-state index in [0.29, 0.717) is 30.4 Å². The smallest absolute Gasteiger partial charge is 0.333 e. The number of fused-ring (bicyclic) bond motifs is 1.